The first kappa shape index (κ1) is 26.5. The number of hydrogen-bond donors (Lipinski definition) is 2. The molecular formula is C27H37IN4O2. The van der Waals surface area contributed by atoms with Gasteiger partial charge in [-0.1, -0.05) is 54.1 Å². The van der Waals surface area contributed by atoms with E-state index in [2.05, 4.69) is 58.9 Å². The number of guanidine groups is 1. The van der Waals surface area contributed by atoms with Crippen molar-refractivity contribution in [2.24, 2.45) is 10.9 Å². The van der Waals surface area contributed by atoms with Gasteiger partial charge in [0.15, 0.2) is 5.96 Å². The summed E-state index contributed by atoms with van der Waals surface area (Å²) in [4.78, 5) is 18.9. The predicted molar refractivity (Wildman–Crippen MR) is 147 cm³/mol. The van der Waals surface area contributed by atoms with Crippen LogP contribution in [0.25, 0.3) is 0 Å². The minimum absolute atomic E-state index is 0. The van der Waals surface area contributed by atoms with Gasteiger partial charge in [-0.3, -0.25) is 9.79 Å². The SMILES string of the molecule is CN=C(NCCCC(=O)N1Cc2ccccc2C1)NCC1CCCOC1c1ccc(C)cc1.I. The summed E-state index contributed by atoms with van der Waals surface area (Å²) < 4.78 is 6.14. The average Bonchev–Trinajstić information content (AvgIpc) is 3.29. The zero-order valence-corrected chi connectivity index (χ0v) is 22.6. The van der Waals surface area contributed by atoms with Crippen LogP contribution >= 0.6 is 24.0 Å². The summed E-state index contributed by atoms with van der Waals surface area (Å²) in [5, 5.41) is 6.83. The van der Waals surface area contributed by atoms with E-state index >= 15 is 0 Å². The van der Waals surface area contributed by atoms with E-state index in [4.69, 9.17) is 4.74 Å². The molecule has 2 aliphatic heterocycles. The molecule has 0 spiro atoms. The summed E-state index contributed by atoms with van der Waals surface area (Å²) in [7, 11) is 1.79. The van der Waals surface area contributed by atoms with Gasteiger partial charge in [-0.2, -0.15) is 0 Å². The maximum absolute atomic E-state index is 12.6. The van der Waals surface area contributed by atoms with Crippen molar-refractivity contribution in [3.63, 3.8) is 0 Å². The van der Waals surface area contributed by atoms with Gasteiger partial charge in [0.25, 0.3) is 0 Å². The maximum Gasteiger partial charge on any atom is 0.223 e. The number of halogens is 1. The molecule has 0 aliphatic carbocycles. The standard InChI is InChI=1S/C27H36N4O2.HI/c1-20-11-13-21(14-12-20)26-22(9-6-16-33-26)17-30-27(28-2)29-15-5-10-25(32)31-18-23-7-3-4-8-24(23)19-31;/h3-4,7-8,11-14,22,26H,5-6,9-10,15-19H2,1-2H3,(H2,28,29,30);1H. The molecule has 2 atom stereocenters. The van der Waals surface area contributed by atoms with E-state index in [1.807, 2.05) is 17.0 Å². The van der Waals surface area contributed by atoms with Crippen LogP contribution in [0.15, 0.2) is 53.5 Å². The third-order valence-electron chi connectivity index (χ3n) is 6.66. The molecule has 0 saturated carbocycles. The number of benzene rings is 2. The van der Waals surface area contributed by atoms with Gasteiger partial charge in [0, 0.05) is 52.2 Å². The lowest BCUT2D eigenvalue weighted by Gasteiger charge is -2.32. The number of hydrogen-bond acceptors (Lipinski definition) is 3. The summed E-state index contributed by atoms with van der Waals surface area (Å²) >= 11 is 0. The molecule has 0 aromatic heterocycles. The summed E-state index contributed by atoms with van der Waals surface area (Å²) in [5.41, 5.74) is 5.05. The van der Waals surface area contributed by atoms with Crippen LogP contribution in [0.4, 0.5) is 0 Å². The number of nitrogens with zero attached hydrogens (tertiary/aromatic N) is 2. The van der Waals surface area contributed by atoms with Crippen molar-refractivity contribution in [2.45, 2.75) is 51.8 Å². The lowest BCUT2D eigenvalue weighted by Crippen LogP contribution is -2.42. The summed E-state index contributed by atoms with van der Waals surface area (Å²) in [6.45, 7) is 5.92. The Bertz CT molecular complexity index is 938. The van der Waals surface area contributed by atoms with Gasteiger partial charge in [0.05, 0.1) is 6.10 Å². The van der Waals surface area contributed by atoms with Crippen LogP contribution in [0.2, 0.25) is 0 Å². The molecule has 2 aliphatic rings. The number of carbonyl (C=O) groups excluding carboxylic acids is 1. The van der Waals surface area contributed by atoms with E-state index in [1.54, 1.807) is 7.05 Å². The Labute approximate surface area is 220 Å². The van der Waals surface area contributed by atoms with E-state index < -0.39 is 0 Å². The number of rotatable bonds is 7. The Morgan fingerprint density at radius 2 is 1.79 bits per heavy atom. The molecule has 2 unspecified atom stereocenters. The highest BCUT2D eigenvalue weighted by Gasteiger charge is 2.27. The van der Waals surface area contributed by atoms with Crippen LogP contribution in [0.3, 0.4) is 0 Å². The van der Waals surface area contributed by atoms with Crippen LogP contribution in [0.5, 0.6) is 0 Å². The second kappa shape index (κ2) is 13.1. The quantitative estimate of drug-likeness (QED) is 0.220. The first-order chi connectivity index (χ1) is 16.1. The Balaban J connectivity index is 0.00000324. The Morgan fingerprint density at radius 3 is 2.47 bits per heavy atom. The average molecular weight is 577 g/mol. The topological polar surface area (TPSA) is 66.0 Å². The molecule has 6 nitrogen and oxygen atoms in total. The fourth-order valence-corrected chi connectivity index (χ4v) is 4.74. The number of amides is 1. The number of carbonyl (C=O) groups is 1. The molecule has 2 aromatic rings. The summed E-state index contributed by atoms with van der Waals surface area (Å²) in [6, 6.07) is 17.0. The van der Waals surface area contributed by atoms with Crippen molar-refractivity contribution in [3.8, 4) is 0 Å². The molecule has 1 amide bonds. The monoisotopic (exact) mass is 576 g/mol. The molecule has 184 valence electrons. The normalized spacial score (nSPS) is 19.8. The Kier molecular flexibility index (Phi) is 10.2. The third kappa shape index (κ3) is 6.95. The molecule has 4 rings (SSSR count). The van der Waals surface area contributed by atoms with E-state index in [9.17, 15) is 4.79 Å². The number of nitrogens with one attached hydrogen (secondary N) is 2. The van der Waals surface area contributed by atoms with Crippen molar-refractivity contribution < 1.29 is 9.53 Å². The number of aliphatic imine (C=N–C) groups is 1. The fourth-order valence-electron chi connectivity index (χ4n) is 4.74. The van der Waals surface area contributed by atoms with Crippen molar-refractivity contribution in [1.82, 2.24) is 15.5 Å². The van der Waals surface area contributed by atoms with Gasteiger partial charge in [0.2, 0.25) is 5.91 Å². The zero-order valence-electron chi connectivity index (χ0n) is 20.3. The van der Waals surface area contributed by atoms with Crippen LogP contribution in [-0.2, 0) is 22.6 Å². The van der Waals surface area contributed by atoms with Crippen LogP contribution in [0, 0.1) is 12.8 Å². The molecule has 0 radical (unpaired) electrons. The minimum atomic E-state index is 0. The van der Waals surface area contributed by atoms with Crippen molar-refractivity contribution in [2.75, 3.05) is 26.7 Å². The van der Waals surface area contributed by atoms with Crippen molar-refractivity contribution in [3.05, 3.63) is 70.8 Å². The molecule has 7 heteroatoms. The molecular weight excluding hydrogens is 539 g/mol. The second-order valence-electron chi connectivity index (χ2n) is 9.11. The van der Waals surface area contributed by atoms with Crippen molar-refractivity contribution >= 4 is 35.8 Å². The lowest BCUT2D eigenvalue weighted by molar-refractivity contribution is -0.131. The van der Waals surface area contributed by atoms with Gasteiger partial charge in [-0.25, -0.2) is 0 Å². The smallest absolute Gasteiger partial charge is 0.223 e. The van der Waals surface area contributed by atoms with Crippen LogP contribution in [-0.4, -0.2) is 43.5 Å². The highest BCUT2D eigenvalue weighted by molar-refractivity contribution is 14.0. The second-order valence-corrected chi connectivity index (χ2v) is 9.11. The minimum Gasteiger partial charge on any atom is -0.373 e. The largest absolute Gasteiger partial charge is 0.373 e. The van der Waals surface area contributed by atoms with E-state index in [0.717, 1.165) is 58.0 Å². The molecule has 0 bridgehead atoms. The predicted octanol–water partition coefficient (Wildman–Crippen LogP) is 4.57. The van der Waals surface area contributed by atoms with Gasteiger partial charge >= 0.3 is 0 Å². The summed E-state index contributed by atoms with van der Waals surface area (Å²) in [6.07, 6.45) is 3.67. The Hall–Kier alpha value is -2.13. The van der Waals surface area contributed by atoms with Gasteiger partial charge in [-0.05, 0) is 42.9 Å². The van der Waals surface area contributed by atoms with Crippen molar-refractivity contribution in [1.29, 1.82) is 0 Å². The number of fused-ring (bicyclic) bond motifs is 1. The summed E-state index contributed by atoms with van der Waals surface area (Å²) in [5.74, 6) is 1.40. The molecule has 2 N–H and O–H groups in total. The van der Waals surface area contributed by atoms with Gasteiger partial charge in [-0.15, -0.1) is 24.0 Å². The maximum atomic E-state index is 12.6. The third-order valence-corrected chi connectivity index (χ3v) is 6.66. The zero-order chi connectivity index (χ0) is 23.0. The van der Waals surface area contributed by atoms with Crippen LogP contribution in [0.1, 0.15) is 54.0 Å². The highest BCUT2D eigenvalue weighted by Crippen LogP contribution is 2.33. The van der Waals surface area contributed by atoms with Crippen LogP contribution < -0.4 is 10.6 Å². The number of ether oxygens (including phenoxy) is 1. The molecule has 34 heavy (non-hydrogen) atoms. The highest BCUT2D eigenvalue weighted by atomic mass is 127. The molecule has 2 aromatic carbocycles. The number of aryl methyl sites for hydroxylation is 1. The molecule has 2 heterocycles. The first-order valence-corrected chi connectivity index (χ1v) is 12.1. The van der Waals surface area contributed by atoms with Gasteiger partial charge < -0.3 is 20.3 Å². The van der Waals surface area contributed by atoms with E-state index in [1.165, 1.54) is 22.3 Å². The molecule has 1 fully saturated rings. The Morgan fingerprint density at radius 1 is 1.09 bits per heavy atom. The van der Waals surface area contributed by atoms with Gasteiger partial charge in [0.1, 0.15) is 0 Å². The lowest BCUT2D eigenvalue weighted by atomic mass is 9.89. The van der Waals surface area contributed by atoms with E-state index in [0.29, 0.717) is 12.3 Å². The molecule has 1 saturated heterocycles. The fraction of sp³-hybridized carbons (Fsp3) is 0.481. The first-order valence-electron chi connectivity index (χ1n) is 12.1. The van der Waals surface area contributed by atoms with E-state index in [-0.39, 0.29) is 36.0 Å².